The van der Waals surface area contributed by atoms with Crippen molar-refractivity contribution in [3.05, 3.63) is 34.4 Å². The quantitative estimate of drug-likeness (QED) is 0.551. The fraction of sp³-hybridized carbons (Fsp3) is 0.500. The molecule has 0 aliphatic carbocycles. The van der Waals surface area contributed by atoms with E-state index in [1.54, 1.807) is 19.1 Å². The monoisotopic (exact) mass is 301 g/mol. The average Bonchev–Trinajstić information content (AvgIpc) is 2.43. The van der Waals surface area contributed by atoms with E-state index in [4.69, 9.17) is 4.74 Å². The van der Waals surface area contributed by atoms with Gasteiger partial charge in [-0.3, -0.25) is 10.1 Å². The highest BCUT2D eigenvalue weighted by atomic mass is 32.2. The fourth-order valence-electron chi connectivity index (χ4n) is 1.89. The Balaban J connectivity index is 2.07. The third kappa shape index (κ3) is 3.10. The van der Waals surface area contributed by atoms with Crippen LogP contribution in [0.15, 0.2) is 29.2 Å². The van der Waals surface area contributed by atoms with Gasteiger partial charge in [-0.1, -0.05) is 11.8 Å². The highest BCUT2D eigenvalue weighted by molar-refractivity contribution is 7.99. The summed E-state index contributed by atoms with van der Waals surface area (Å²) in [6.45, 7) is 1.60. The number of non-ortho nitro benzene ring substituents is 1. The van der Waals surface area contributed by atoms with Crippen LogP contribution in [-0.4, -0.2) is 50.1 Å². The molecule has 7 nitrogen and oxygen atoms in total. The van der Waals surface area contributed by atoms with Crippen molar-refractivity contribution in [2.24, 2.45) is 0 Å². The largest absolute Gasteiger partial charge is 0.388 e. The molecular formula is C12H15NO6S. The molecule has 2 rings (SSSR count). The highest BCUT2D eigenvalue weighted by Crippen LogP contribution is 2.33. The molecule has 3 N–H and O–H groups in total. The molecule has 1 aliphatic rings. The average molecular weight is 301 g/mol. The number of nitrogens with zero attached hydrogens (tertiary/aromatic N) is 1. The molecule has 0 aromatic heterocycles. The lowest BCUT2D eigenvalue weighted by Gasteiger charge is -2.38. The number of nitro groups is 1. The third-order valence-corrected chi connectivity index (χ3v) is 4.27. The molecule has 0 spiro atoms. The Morgan fingerprint density at radius 3 is 2.30 bits per heavy atom. The van der Waals surface area contributed by atoms with Crippen LogP contribution in [-0.2, 0) is 4.74 Å². The molecule has 1 fully saturated rings. The summed E-state index contributed by atoms with van der Waals surface area (Å²) in [7, 11) is 0. The SMILES string of the molecule is C[C@@H]1O[C@H](Sc2ccc([N+](=O)[O-])cc2)[C@H](O)[C@H](O)[C@@H]1O. The standard InChI is InChI=1S/C12H15NO6S/c1-6-9(14)10(15)11(16)12(19-6)20-8-4-2-7(3-5-8)13(17)18/h2-6,9-12,14-16H,1H3/t6-,9+,10+,11+,12+/m0/s1. The molecule has 1 aromatic rings. The summed E-state index contributed by atoms with van der Waals surface area (Å²) in [5.74, 6) is 0. The number of nitro benzene ring substituents is 1. The molecule has 1 aliphatic heterocycles. The lowest BCUT2D eigenvalue weighted by atomic mass is 10.0. The molecule has 1 saturated heterocycles. The maximum atomic E-state index is 10.5. The van der Waals surface area contributed by atoms with Gasteiger partial charge in [-0.2, -0.15) is 0 Å². The minimum Gasteiger partial charge on any atom is -0.388 e. The summed E-state index contributed by atoms with van der Waals surface area (Å²) in [5, 5.41) is 39.7. The second-order valence-electron chi connectivity index (χ2n) is 4.55. The number of aliphatic hydroxyl groups excluding tert-OH is 3. The van der Waals surface area contributed by atoms with Crippen molar-refractivity contribution in [3.63, 3.8) is 0 Å². The maximum Gasteiger partial charge on any atom is 0.269 e. The van der Waals surface area contributed by atoms with Gasteiger partial charge in [0.25, 0.3) is 5.69 Å². The first-order chi connectivity index (χ1) is 9.40. The smallest absolute Gasteiger partial charge is 0.269 e. The second-order valence-corrected chi connectivity index (χ2v) is 5.72. The Morgan fingerprint density at radius 1 is 1.15 bits per heavy atom. The zero-order valence-corrected chi connectivity index (χ0v) is 11.4. The van der Waals surface area contributed by atoms with Crippen molar-refractivity contribution in [1.29, 1.82) is 0 Å². The number of aliphatic hydroxyl groups is 3. The Bertz CT molecular complexity index is 481. The van der Waals surface area contributed by atoms with Crippen LogP contribution in [0.1, 0.15) is 6.92 Å². The minimum atomic E-state index is -1.28. The fourth-order valence-corrected chi connectivity index (χ4v) is 2.98. The van der Waals surface area contributed by atoms with E-state index in [9.17, 15) is 25.4 Å². The number of thioether (sulfide) groups is 1. The first-order valence-corrected chi connectivity index (χ1v) is 6.89. The van der Waals surface area contributed by atoms with Crippen LogP contribution in [0.2, 0.25) is 0 Å². The molecule has 1 heterocycles. The van der Waals surface area contributed by atoms with Crippen LogP contribution in [0.25, 0.3) is 0 Å². The van der Waals surface area contributed by atoms with Gasteiger partial charge in [0.1, 0.15) is 23.7 Å². The predicted octanol–water partition coefficient (Wildman–Crippen LogP) is 0.514. The van der Waals surface area contributed by atoms with Gasteiger partial charge in [0.05, 0.1) is 11.0 Å². The van der Waals surface area contributed by atoms with Crippen molar-refractivity contribution in [2.45, 2.75) is 41.7 Å². The molecule has 110 valence electrons. The van der Waals surface area contributed by atoms with Gasteiger partial charge in [0.2, 0.25) is 0 Å². The Kier molecular flexibility index (Phi) is 4.61. The molecule has 0 amide bonds. The van der Waals surface area contributed by atoms with Gasteiger partial charge in [-0.05, 0) is 19.1 Å². The van der Waals surface area contributed by atoms with E-state index in [2.05, 4.69) is 0 Å². The van der Waals surface area contributed by atoms with E-state index < -0.39 is 34.8 Å². The number of rotatable bonds is 3. The van der Waals surface area contributed by atoms with E-state index in [1.165, 1.54) is 12.1 Å². The topological polar surface area (TPSA) is 113 Å². The van der Waals surface area contributed by atoms with E-state index in [0.29, 0.717) is 4.90 Å². The van der Waals surface area contributed by atoms with Crippen molar-refractivity contribution in [2.75, 3.05) is 0 Å². The lowest BCUT2D eigenvalue weighted by Crippen LogP contribution is -2.55. The van der Waals surface area contributed by atoms with E-state index in [1.807, 2.05) is 0 Å². The number of hydrogen-bond acceptors (Lipinski definition) is 7. The summed E-state index contributed by atoms with van der Waals surface area (Å²) < 4.78 is 5.43. The Morgan fingerprint density at radius 2 is 1.75 bits per heavy atom. The summed E-state index contributed by atoms with van der Waals surface area (Å²) in [6.07, 6.45) is -4.27. The first-order valence-electron chi connectivity index (χ1n) is 6.01. The molecular weight excluding hydrogens is 286 g/mol. The molecule has 20 heavy (non-hydrogen) atoms. The number of hydrogen-bond donors (Lipinski definition) is 3. The van der Waals surface area contributed by atoms with Gasteiger partial charge < -0.3 is 20.1 Å². The molecule has 1 aromatic carbocycles. The normalized spacial score (nSPS) is 33.9. The summed E-state index contributed by atoms with van der Waals surface area (Å²) >= 11 is 1.14. The molecule has 8 heteroatoms. The zero-order chi connectivity index (χ0) is 14.9. The van der Waals surface area contributed by atoms with Crippen LogP contribution in [0, 0.1) is 10.1 Å². The van der Waals surface area contributed by atoms with E-state index >= 15 is 0 Å². The van der Waals surface area contributed by atoms with Crippen molar-refractivity contribution in [1.82, 2.24) is 0 Å². The molecule has 5 atom stereocenters. The third-order valence-electron chi connectivity index (χ3n) is 3.11. The molecule has 0 unspecified atom stereocenters. The lowest BCUT2D eigenvalue weighted by molar-refractivity contribution is -0.384. The van der Waals surface area contributed by atoms with Gasteiger partial charge in [0.15, 0.2) is 0 Å². The van der Waals surface area contributed by atoms with Crippen molar-refractivity contribution in [3.8, 4) is 0 Å². The van der Waals surface area contributed by atoms with Gasteiger partial charge in [-0.15, -0.1) is 0 Å². The van der Waals surface area contributed by atoms with E-state index in [0.717, 1.165) is 11.8 Å². The van der Waals surface area contributed by atoms with Crippen molar-refractivity contribution < 1.29 is 25.0 Å². The Labute approximate surface area is 119 Å². The van der Waals surface area contributed by atoms with Gasteiger partial charge in [0, 0.05) is 17.0 Å². The highest BCUT2D eigenvalue weighted by Gasteiger charge is 2.42. The van der Waals surface area contributed by atoms with Crippen LogP contribution in [0.3, 0.4) is 0 Å². The maximum absolute atomic E-state index is 10.5. The summed E-state index contributed by atoms with van der Waals surface area (Å²) in [5.41, 5.74) is -0.770. The zero-order valence-electron chi connectivity index (χ0n) is 10.6. The second kappa shape index (κ2) is 6.06. The Hall–Kier alpha value is -1.19. The van der Waals surface area contributed by atoms with Crippen molar-refractivity contribution >= 4 is 17.4 Å². The molecule has 0 saturated carbocycles. The summed E-state index contributed by atoms with van der Waals surface area (Å²) in [6, 6.07) is 5.79. The molecule has 0 radical (unpaired) electrons. The van der Waals surface area contributed by atoms with Gasteiger partial charge >= 0.3 is 0 Å². The predicted molar refractivity (Wildman–Crippen MR) is 71.3 cm³/mol. The summed E-state index contributed by atoms with van der Waals surface area (Å²) in [4.78, 5) is 10.7. The number of ether oxygens (including phenoxy) is 1. The van der Waals surface area contributed by atoms with Crippen LogP contribution in [0.4, 0.5) is 5.69 Å². The van der Waals surface area contributed by atoms with Gasteiger partial charge in [-0.25, -0.2) is 0 Å². The van der Waals surface area contributed by atoms with Crippen LogP contribution >= 0.6 is 11.8 Å². The van der Waals surface area contributed by atoms with E-state index in [-0.39, 0.29) is 5.69 Å². The molecule has 0 bridgehead atoms. The first kappa shape index (κ1) is 15.2. The minimum absolute atomic E-state index is 0.0247. The number of benzene rings is 1. The van der Waals surface area contributed by atoms with Crippen LogP contribution < -0.4 is 0 Å². The van der Waals surface area contributed by atoms with Crippen LogP contribution in [0.5, 0.6) is 0 Å².